The molecule has 0 saturated heterocycles. The van der Waals surface area contributed by atoms with Crippen molar-refractivity contribution in [2.24, 2.45) is 11.5 Å². The number of rotatable bonds is 3. The second-order valence-corrected chi connectivity index (χ2v) is 3.54. The van der Waals surface area contributed by atoms with E-state index in [9.17, 15) is 0 Å². The van der Waals surface area contributed by atoms with Crippen LogP contribution in [0.15, 0.2) is 18.2 Å². The molecule has 72 valence electrons. The number of hydrogen-bond donors (Lipinski definition) is 2. The van der Waals surface area contributed by atoms with Gasteiger partial charge in [0.05, 0.1) is 0 Å². The second kappa shape index (κ2) is 4.40. The fourth-order valence-electron chi connectivity index (χ4n) is 1.58. The minimum atomic E-state index is 0.0885. The largest absolute Gasteiger partial charge is 0.330 e. The average Bonchev–Trinajstić information content (AvgIpc) is 2.04. The van der Waals surface area contributed by atoms with E-state index in [0.717, 1.165) is 6.42 Å². The Balaban J connectivity index is 2.88. The summed E-state index contributed by atoms with van der Waals surface area (Å²) in [6, 6.07) is 6.45. The van der Waals surface area contributed by atoms with Gasteiger partial charge >= 0.3 is 0 Å². The molecule has 4 N–H and O–H groups in total. The van der Waals surface area contributed by atoms with E-state index in [-0.39, 0.29) is 6.04 Å². The number of hydrogen-bond acceptors (Lipinski definition) is 2. The highest BCUT2D eigenvalue weighted by molar-refractivity contribution is 5.32. The van der Waals surface area contributed by atoms with Gasteiger partial charge in [-0.15, -0.1) is 0 Å². The third-order valence-corrected chi connectivity index (χ3v) is 2.30. The molecule has 0 unspecified atom stereocenters. The minimum Gasteiger partial charge on any atom is -0.330 e. The lowest BCUT2D eigenvalue weighted by Crippen LogP contribution is -2.16. The molecular formula is C11H18N2. The summed E-state index contributed by atoms with van der Waals surface area (Å²) in [4.78, 5) is 0. The predicted octanol–water partition coefficient (Wildman–Crippen LogP) is 1.65. The lowest BCUT2D eigenvalue weighted by atomic mass is 9.98. The van der Waals surface area contributed by atoms with Crippen LogP contribution in [0.4, 0.5) is 0 Å². The van der Waals surface area contributed by atoms with Crippen LogP contribution in [0.2, 0.25) is 0 Å². The molecule has 0 spiro atoms. The van der Waals surface area contributed by atoms with Crippen LogP contribution in [0.5, 0.6) is 0 Å². The van der Waals surface area contributed by atoms with Gasteiger partial charge in [-0.05, 0) is 37.9 Å². The van der Waals surface area contributed by atoms with Crippen LogP contribution in [-0.4, -0.2) is 6.54 Å². The Hall–Kier alpha value is -0.860. The molecule has 0 aromatic heterocycles. The van der Waals surface area contributed by atoms with Crippen LogP contribution in [-0.2, 0) is 0 Å². The third kappa shape index (κ3) is 2.54. The number of benzene rings is 1. The summed E-state index contributed by atoms with van der Waals surface area (Å²) in [7, 11) is 0. The van der Waals surface area contributed by atoms with Crippen molar-refractivity contribution in [2.75, 3.05) is 6.54 Å². The molecular weight excluding hydrogens is 160 g/mol. The Morgan fingerprint density at radius 2 is 2.00 bits per heavy atom. The second-order valence-electron chi connectivity index (χ2n) is 3.54. The van der Waals surface area contributed by atoms with E-state index in [0.29, 0.717) is 6.54 Å². The number of nitrogens with two attached hydrogens (primary N) is 2. The fourth-order valence-corrected chi connectivity index (χ4v) is 1.58. The molecule has 2 nitrogen and oxygen atoms in total. The van der Waals surface area contributed by atoms with Crippen LogP contribution < -0.4 is 11.5 Å². The van der Waals surface area contributed by atoms with Crippen LogP contribution in [0.1, 0.15) is 29.2 Å². The topological polar surface area (TPSA) is 52.0 Å². The first kappa shape index (κ1) is 10.2. The van der Waals surface area contributed by atoms with E-state index in [2.05, 4.69) is 32.0 Å². The van der Waals surface area contributed by atoms with Crippen LogP contribution in [0.3, 0.4) is 0 Å². The third-order valence-electron chi connectivity index (χ3n) is 2.30. The smallest absolute Gasteiger partial charge is 0.0309 e. The quantitative estimate of drug-likeness (QED) is 0.739. The van der Waals surface area contributed by atoms with Crippen LogP contribution >= 0.6 is 0 Å². The molecule has 0 radical (unpaired) electrons. The van der Waals surface area contributed by atoms with Gasteiger partial charge in [0.2, 0.25) is 0 Å². The molecule has 1 atom stereocenters. The van der Waals surface area contributed by atoms with Crippen molar-refractivity contribution in [3.8, 4) is 0 Å². The maximum atomic E-state index is 5.98. The molecule has 0 fully saturated rings. The Labute approximate surface area is 79.9 Å². The normalized spacial score (nSPS) is 12.9. The zero-order chi connectivity index (χ0) is 9.84. The van der Waals surface area contributed by atoms with Crippen molar-refractivity contribution in [1.29, 1.82) is 0 Å². The summed E-state index contributed by atoms with van der Waals surface area (Å²) in [6.45, 7) is 4.83. The van der Waals surface area contributed by atoms with Gasteiger partial charge in [0.25, 0.3) is 0 Å². The molecule has 0 amide bonds. The lowest BCUT2D eigenvalue weighted by Gasteiger charge is -2.13. The fraction of sp³-hybridized carbons (Fsp3) is 0.455. The van der Waals surface area contributed by atoms with Crippen molar-refractivity contribution in [2.45, 2.75) is 26.3 Å². The van der Waals surface area contributed by atoms with Crippen molar-refractivity contribution in [1.82, 2.24) is 0 Å². The highest BCUT2D eigenvalue weighted by Crippen LogP contribution is 2.18. The van der Waals surface area contributed by atoms with E-state index in [1.165, 1.54) is 16.7 Å². The Kier molecular flexibility index (Phi) is 3.46. The molecule has 0 aliphatic heterocycles. The average molecular weight is 178 g/mol. The molecule has 0 aliphatic carbocycles. The van der Waals surface area contributed by atoms with Gasteiger partial charge in [-0.2, -0.15) is 0 Å². The summed E-state index contributed by atoms with van der Waals surface area (Å²) < 4.78 is 0. The highest BCUT2D eigenvalue weighted by atomic mass is 14.7. The lowest BCUT2D eigenvalue weighted by molar-refractivity contribution is 0.657. The molecule has 0 heterocycles. The summed E-state index contributed by atoms with van der Waals surface area (Å²) in [5.41, 5.74) is 15.2. The van der Waals surface area contributed by atoms with Gasteiger partial charge in [-0.25, -0.2) is 0 Å². The van der Waals surface area contributed by atoms with E-state index >= 15 is 0 Å². The number of aryl methyl sites for hydroxylation is 2. The van der Waals surface area contributed by atoms with Crippen LogP contribution in [0, 0.1) is 13.8 Å². The van der Waals surface area contributed by atoms with Gasteiger partial charge in [0, 0.05) is 6.04 Å². The summed E-state index contributed by atoms with van der Waals surface area (Å²) in [5.74, 6) is 0. The molecule has 0 bridgehead atoms. The standard InChI is InChI=1S/C11H18N2/c1-8-3-4-10(9(2)7-8)11(13)5-6-12/h3-4,7,11H,5-6,12-13H2,1-2H3/t11-/m0/s1. The van der Waals surface area contributed by atoms with Crippen molar-refractivity contribution < 1.29 is 0 Å². The molecule has 1 aromatic carbocycles. The Morgan fingerprint density at radius 3 is 2.54 bits per heavy atom. The van der Waals surface area contributed by atoms with E-state index in [4.69, 9.17) is 11.5 Å². The first-order valence-electron chi connectivity index (χ1n) is 4.68. The Morgan fingerprint density at radius 1 is 1.31 bits per heavy atom. The monoisotopic (exact) mass is 178 g/mol. The van der Waals surface area contributed by atoms with Gasteiger partial charge in [0.15, 0.2) is 0 Å². The first-order chi connectivity index (χ1) is 6.15. The maximum absolute atomic E-state index is 5.98. The summed E-state index contributed by atoms with van der Waals surface area (Å²) in [5, 5.41) is 0. The Bertz CT molecular complexity index is 281. The molecule has 2 heteroatoms. The summed E-state index contributed by atoms with van der Waals surface area (Å²) >= 11 is 0. The van der Waals surface area contributed by atoms with Crippen molar-refractivity contribution in [3.63, 3.8) is 0 Å². The van der Waals surface area contributed by atoms with Gasteiger partial charge in [0.1, 0.15) is 0 Å². The maximum Gasteiger partial charge on any atom is 0.0309 e. The van der Waals surface area contributed by atoms with Gasteiger partial charge < -0.3 is 11.5 Å². The van der Waals surface area contributed by atoms with Crippen LogP contribution in [0.25, 0.3) is 0 Å². The molecule has 0 saturated carbocycles. The highest BCUT2D eigenvalue weighted by Gasteiger charge is 2.07. The molecule has 0 aliphatic rings. The van der Waals surface area contributed by atoms with Gasteiger partial charge in [-0.3, -0.25) is 0 Å². The van der Waals surface area contributed by atoms with Gasteiger partial charge in [-0.1, -0.05) is 23.8 Å². The molecule has 13 heavy (non-hydrogen) atoms. The molecule has 1 aromatic rings. The van der Waals surface area contributed by atoms with Crippen molar-refractivity contribution >= 4 is 0 Å². The zero-order valence-electron chi connectivity index (χ0n) is 8.38. The SMILES string of the molecule is Cc1ccc([C@@H](N)CCN)c(C)c1. The van der Waals surface area contributed by atoms with Crippen molar-refractivity contribution in [3.05, 3.63) is 34.9 Å². The van der Waals surface area contributed by atoms with E-state index in [1.54, 1.807) is 0 Å². The zero-order valence-corrected chi connectivity index (χ0v) is 8.38. The summed E-state index contributed by atoms with van der Waals surface area (Å²) in [6.07, 6.45) is 0.851. The van der Waals surface area contributed by atoms with E-state index in [1.807, 2.05) is 0 Å². The van der Waals surface area contributed by atoms with E-state index < -0.39 is 0 Å². The minimum absolute atomic E-state index is 0.0885. The predicted molar refractivity (Wildman–Crippen MR) is 56.5 cm³/mol. The molecule has 1 rings (SSSR count). The first-order valence-corrected chi connectivity index (χ1v) is 4.68.